The molecule has 96 valence electrons. The van der Waals surface area contributed by atoms with E-state index in [2.05, 4.69) is 26.1 Å². The maximum Gasteiger partial charge on any atom is 0.160 e. The van der Waals surface area contributed by atoms with Crippen molar-refractivity contribution >= 4 is 25.8 Å². The zero-order chi connectivity index (χ0) is 12.5. The van der Waals surface area contributed by atoms with Gasteiger partial charge in [0.2, 0.25) is 0 Å². The third-order valence-corrected chi connectivity index (χ3v) is 5.83. The number of nitrogens with zero attached hydrogens (tertiary/aromatic N) is 3. The first-order valence-electron chi connectivity index (χ1n) is 5.79. The molecule has 0 spiro atoms. The summed E-state index contributed by atoms with van der Waals surface area (Å²) in [6.07, 6.45) is 2.39. The van der Waals surface area contributed by atoms with E-state index in [9.17, 15) is 8.42 Å². The van der Waals surface area contributed by atoms with Crippen LogP contribution >= 0.6 is 15.9 Å². The lowest BCUT2D eigenvalue weighted by molar-refractivity contribution is 0.526. The molecule has 0 aliphatic carbocycles. The van der Waals surface area contributed by atoms with Crippen molar-refractivity contribution in [2.75, 3.05) is 5.75 Å². The molecule has 1 saturated heterocycles. The van der Waals surface area contributed by atoms with Gasteiger partial charge in [0.25, 0.3) is 0 Å². The Morgan fingerprint density at radius 3 is 2.76 bits per heavy atom. The summed E-state index contributed by atoms with van der Waals surface area (Å²) in [6, 6.07) is 0. The van der Waals surface area contributed by atoms with Crippen molar-refractivity contribution in [2.45, 2.75) is 43.3 Å². The predicted molar refractivity (Wildman–Crippen MR) is 68.7 cm³/mol. The Hall–Kier alpha value is -0.430. The summed E-state index contributed by atoms with van der Waals surface area (Å²) < 4.78 is 26.0. The van der Waals surface area contributed by atoms with E-state index in [1.54, 1.807) is 0 Å². The van der Waals surface area contributed by atoms with Crippen LogP contribution in [0.25, 0.3) is 0 Å². The molecule has 0 radical (unpaired) electrons. The summed E-state index contributed by atoms with van der Waals surface area (Å²) in [5, 5.41) is 8.27. The highest BCUT2D eigenvalue weighted by Gasteiger charge is 2.34. The third kappa shape index (κ3) is 2.40. The van der Waals surface area contributed by atoms with Gasteiger partial charge in [-0.05, 0) is 19.8 Å². The smallest absolute Gasteiger partial charge is 0.160 e. The molecule has 0 N–H and O–H groups in total. The van der Waals surface area contributed by atoms with Crippen molar-refractivity contribution in [3.05, 3.63) is 11.6 Å². The Morgan fingerprint density at radius 1 is 1.41 bits per heavy atom. The number of sulfone groups is 1. The van der Waals surface area contributed by atoms with E-state index in [0.29, 0.717) is 24.1 Å². The molecule has 2 rings (SSSR count). The van der Waals surface area contributed by atoms with Crippen molar-refractivity contribution < 1.29 is 8.42 Å². The SMILES string of the molecule is CCn1c(CBr)nnc1C1CCCCS1(=O)=O. The lowest BCUT2D eigenvalue weighted by atomic mass is 10.2. The van der Waals surface area contributed by atoms with E-state index in [1.165, 1.54) is 0 Å². The van der Waals surface area contributed by atoms with E-state index < -0.39 is 15.1 Å². The number of hydrogen-bond acceptors (Lipinski definition) is 4. The summed E-state index contributed by atoms with van der Waals surface area (Å²) in [7, 11) is -3.04. The minimum atomic E-state index is -3.04. The first-order valence-corrected chi connectivity index (χ1v) is 8.63. The molecule has 0 aromatic carbocycles. The van der Waals surface area contributed by atoms with Gasteiger partial charge in [0.15, 0.2) is 15.7 Å². The Labute approximate surface area is 110 Å². The monoisotopic (exact) mass is 321 g/mol. The van der Waals surface area contributed by atoms with Crippen LogP contribution in [-0.2, 0) is 21.7 Å². The topological polar surface area (TPSA) is 64.8 Å². The summed E-state index contributed by atoms with van der Waals surface area (Å²) in [5.41, 5.74) is 0. The number of alkyl halides is 1. The Kier molecular flexibility index (Phi) is 3.87. The van der Waals surface area contributed by atoms with Gasteiger partial charge in [0, 0.05) is 6.54 Å². The molecule has 1 aromatic rings. The third-order valence-electron chi connectivity index (χ3n) is 3.16. The average Bonchev–Trinajstić information content (AvgIpc) is 2.70. The van der Waals surface area contributed by atoms with Crippen molar-refractivity contribution in [1.82, 2.24) is 14.8 Å². The zero-order valence-electron chi connectivity index (χ0n) is 9.76. The molecule has 7 heteroatoms. The molecule has 1 atom stereocenters. The number of halogens is 1. The van der Waals surface area contributed by atoms with E-state index in [4.69, 9.17) is 0 Å². The van der Waals surface area contributed by atoms with Gasteiger partial charge in [0.05, 0.1) is 11.1 Å². The number of aromatic nitrogens is 3. The second-order valence-electron chi connectivity index (χ2n) is 4.20. The minimum Gasteiger partial charge on any atom is -0.313 e. The molecule has 1 fully saturated rings. The highest BCUT2D eigenvalue weighted by atomic mass is 79.9. The van der Waals surface area contributed by atoms with Crippen LogP contribution in [0.4, 0.5) is 0 Å². The number of hydrogen-bond donors (Lipinski definition) is 0. The average molecular weight is 322 g/mol. The van der Waals surface area contributed by atoms with E-state index >= 15 is 0 Å². The molecule has 1 aliphatic heterocycles. The van der Waals surface area contributed by atoms with Crippen LogP contribution in [-0.4, -0.2) is 28.9 Å². The molecule has 2 heterocycles. The largest absolute Gasteiger partial charge is 0.313 e. The van der Waals surface area contributed by atoms with E-state index in [-0.39, 0.29) is 5.75 Å². The maximum absolute atomic E-state index is 12.1. The standard InChI is InChI=1S/C10H16BrN3O2S/c1-2-14-9(7-11)12-13-10(14)8-5-3-4-6-17(8,15)16/h8H,2-7H2,1H3. The van der Waals surface area contributed by atoms with Crippen molar-refractivity contribution in [2.24, 2.45) is 0 Å². The molecular weight excluding hydrogens is 306 g/mol. The summed E-state index contributed by atoms with van der Waals surface area (Å²) in [5.74, 6) is 1.68. The first kappa shape index (κ1) is 13.0. The Balaban J connectivity index is 2.42. The highest BCUT2D eigenvalue weighted by Crippen LogP contribution is 2.32. The van der Waals surface area contributed by atoms with E-state index in [1.807, 2.05) is 11.5 Å². The van der Waals surface area contributed by atoms with Crippen LogP contribution in [0.3, 0.4) is 0 Å². The quantitative estimate of drug-likeness (QED) is 0.797. The van der Waals surface area contributed by atoms with Crippen molar-refractivity contribution in [3.63, 3.8) is 0 Å². The molecule has 0 saturated carbocycles. The van der Waals surface area contributed by atoms with Crippen LogP contribution < -0.4 is 0 Å². The number of rotatable bonds is 3. The van der Waals surface area contributed by atoms with Crippen LogP contribution in [0.15, 0.2) is 0 Å². The molecule has 17 heavy (non-hydrogen) atoms. The van der Waals surface area contributed by atoms with Crippen LogP contribution in [0.1, 0.15) is 43.1 Å². The van der Waals surface area contributed by atoms with Crippen LogP contribution in [0.5, 0.6) is 0 Å². The molecule has 0 bridgehead atoms. The fourth-order valence-corrected chi connectivity index (χ4v) is 4.60. The van der Waals surface area contributed by atoms with Gasteiger partial charge in [-0.25, -0.2) is 8.42 Å². The minimum absolute atomic E-state index is 0.276. The van der Waals surface area contributed by atoms with Crippen LogP contribution in [0, 0.1) is 0 Å². The summed E-state index contributed by atoms with van der Waals surface area (Å²) in [6.45, 7) is 2.68. The fraction of sp³-hybridized carbons (Fsp3) is 0.800. The predicted octanol–water partition coefficient (Wildman–Crippen LogP) is 1.83. The second kappa shape index (κ2) is 5.06. The lowest BCUT2D eigenvalue weighted by Gasteiger charge is -2.22. The fourth-order valence-electron chi connectivity index (χ4n) is 2.28. The Morgan fingerprint density at radius 2 is 2.18 bits per heavy atom. The molecule has 1 unspecified atom stereocenters. The van der Waals surface area contributed by atoms with Crippen molar-refractivity contribution in [3.8, 4) is 0 Å². The van der Waals surface area contributed by atoms with Crippen LogP contribution in [0.2, 0.25) is 0 Å². The summed E-state index contributed by atoms with van der Waals surface area (Å²) in [4.78, 5) is 0. The maximum atomic E-state index is 12.1. The lowest BCUT2D eigenvalue weighted by Crippen LogP contribution is -2.24. The summed E-state index contributed by atoms with van der Waals surface area (Å²) >= 11 is 3.34. The molecule has 0 amide bonds. The zero-order valence-corrected chi connectivity index (χ0v) is 12.2. The van der Waals surface area contributed by atoms with Gasteiger partial charge in [0.1, 0.15) is 11.1 Å². The second-order valence-corrected chi connectivity index (χ2v) is 7.07. The van der Waals surface area contributed by atoms with Gasteiger partial charge in [-0.2, -0.15) is 0 Å². The molecule has 1 aromatic heterocycles. The molecular formula is C10H16BrN3O2S. The van der Waals surface area contributed by atoms with Gasteiger partial charge in [-0.1, -0.05) is 22.4 Å². The molecule has 1 aliphatic rings. The van der Waals surface area contributed by atoms with Gasteiger partial charge in [-0.3, -0.25) is 0 Å². The highest BCUT2D eigenvalue weighted by molar-refractivity contribution is 9.08. The normalized spacial score (nSPS) is 23.8. The first-order chi connectivity index (χ1) is 8.10. The van der Waals surface area contributed by atoms with Gasteiger partial charge < -0.3 is 4.57 Å². The van der Waals surface area contributed by atoms with Crippen molar-refractivity contribution in [1.29, 1.82) is 0 Å². The van der Waals surface area contributed by atoms with Gasteiger partial charge >= 0.3 is 0 Å². The van der Waals surface area contributed by atoms with Gasteiger partial charge in [-0.15, -0.1) is 10.2 Å². The Bertz CT molecular complexity index is 498. The van der Waals surface area contributed by atoms with E-state index in [0.717, 1.165) is 18.7 Å². The molecule has 5 nitrogen and oxygen atoms in total.